The van der Waals surface area contributed by atoms with Gasteiger partial charge in [0.25, 0.3) is 0 Å². The van der Waals surface area contributed by atoms with Crippen LogP contribution in [0.15, 0.2) is 12.2 Å². The van der Waals surface area contributed by atoms with E-state index in [0.717, 1.165) is 18.9 Å². The van der Waals surface area contributed by atoms with Gasteiger partial charge < -0.3 is 9.16 Å². The van der Waals surface area contributed by atoms with Gasteiger partial charge >= 0.3 is 5.97 Å². The normalized spacial score (nSPS) is 29.7. The summed E-state index contributed by atoms with van der Waals surface area (Å²) in [7, 11) is -1.69. The molecule has 0 aliphatic carbocycles. The van der Waals surface area contributed by atoms with Crippen molar-refractivity contribution in [2.24, 2.45) is 0 Å². The Balaban J connectivity index is 2.56. The summed E-state index contributed by atoms with van der Waals surface area (Å²) in [5.74, 6) is -0.275. The van der Waals surface area contributed by atoms with Gasteiger partial charge in [-0.25, -0.2) is 4.79 Å². The molecule has 3 unspecified atom stereocenters. The number of hydrogen-bond donors (Lipinski definition) is 0. The number of ether oxygens (including phenoxy) is 1. The highest BCUT2D eigenvalue weighted by molar-refractivity contribution is 6.72. The second kappa shape index (κ2) is 6.52. The molecular weight excluding hydrogens is 244 g/mol. The van der Waals surface area contributed by atoms with E-state index in [9.17, 15) is 4.79 Å². The molecule has 0 N–H and O–H groups in total. The Labute approximate surface area is 112 Å². The van der Waals surface area contributed by atoms with Crippen LogP contribution in [0.4, 0.5) is 0 Å². The lowest BCUT2D eigenvalue weighted by atomic mass is 10.2. The molecule has 1 saturated heterocycles. The molecule has 1 aliphatic rings. The molecule has 0 aromatic rings. The summed E-state index contributed by atoms with van der Waals surface area (Å²) in [6.07, 6.45) is 3.60. The van der Waals surface area contributed by atoms with Crippen LogP contribution in [0.2, 0.25) is 18.6 Å². The molecule has 0 amide bonds. The number of carbonyl (C=O) groups is 1. The van der Waals surface area contributed by atoms with Crippen molar-refractivity contribution < 1.29 is 14.0 Å². The summed E-state index contributed by atoms with van der Waals surface area (Å²) in [6, 6.07) is 2.09. The Kier molecular flexibility index (Phi) is 5.60. The zero-order valence-electron chi connectivity index (χ0n) is 12.1. The van der Waals surface area contributed by atoms with Crippen molar-refractivity contribution in [3.8, 4) is 0 Å². The van der Waals surface area contributed by atoms with Gasteiger partial charge in [-0.15, -0.1) is 0 Å². The van der Waals surface area contributed by atoms with Crippen molar-refractivity contribution in [1.82, 2.24) is 0 Å². The fraction of sp³-hybridized carbons (Fsp3) is 0.786. The van der Waals surface area contributed by atoms with Crippen molar-refractivity contribution in [2.75, 3.05) is 0 Å². The van der Waals surface area contributed by atoms with E-state index in [1.807, 2.05) is 0 Å². The zero-order chi connectivity index (χ0) is 13.8. The maximum atomic E-state index is 11.6. The quantitative estimate of drug-likeness (QED) is 0.434. The SMILES string of the molecule is C=C(C)C(=O)OC(CC)C[Si]1(C)CCCC(C)O1. The molecule has 3 atom stereocenters. The van der Waals surface area contributed by atoms with Gasteiger partial charge in [0.05, 0.1) is 0 Å². The van der Waals surface area contributed by atoms with Crippen molar-refractivity contribution in [3.63, 3.8) is 0 Å². The standard InChI is InChI=1S/C14H26O3Si/c1-6-13(16-14(15)11(2)3)10-18(5)9-7-8-12(4)17-18/h12-13H,2,6-10H2,1,3-5H3. The molecule has 1 rings (SSSR count). The van der Waals surface area contributed by atoms with Crippen LogP contribution in [0.3, 0.4) is 0 Å². The van der Waals surface area contributed by atoms with Crippen LogP contribution in [0, 0.1) is 0 Å². The third-order valence-corrected chi connectivity index (χ3v) is 7.24. The predicted octanol–water partition coefficient (Wildman–Crippen LogP) is 3.66. The largest absolute Gasteiger partial charge is 0.459 e. The van der Waals surface area contributed by atoms with Crippen molar-refractivity contribution in [2.45, 2.75) is 70.9 Å². The number of rotatable bonds is 5. The number of esters is 1. The zero-order valence-corrected chi connectivity index (χ0v) is 13.1. The van der Waals surface area contributed by atoms with Crippen LogP contribution < -0.4 is 0 Å². The summed E-state index contributed by atoms with van der Waals surface area (Å²) in [6.45, 7) is 11.8. The highest BCUT2D eigenvalue weighted by Crippen LogP contribution is 2.31. The summed E-state index contributed by atoms with van der Waals surface area (Å²) in [4.78, 5) is 11.6. The van der Waals surface area contributed by atoms with Gasteiger partial charge in [-0.1, -0.05) is 19.9 Å². The smallest absolute Gasteiger partial charge is 0.333 e. The average molecular weight is 270 g/mol. The Hall–Kier alpha value is -0.613. The van der Waals surface area contributed by atoms with Crippen LogP contribution in [0.25, 0.3) is 0 Å². The minimum atomic E-state index is -1.69. The Morgan fingerprint density at radius 2 is 2.28 bits per heavy atom. The van der Waals surface area contributed by atoms with E-state index in [4.69, 9.17) is 9.16 Å². The first-order valence-corrected chi connectivity index (χ1v) is 9.73. The molecule has 0 bridgehead atoms. The van der Waals surface area contributed by atoms with Gasteiger partial charge in [-0.2, -0.15) is 0 Å². The maximum Gasteiger partial charge on any atom is 0.333 e. The van der Waals surface area contributed by atoms with E-state index in [-0.39, 0.29) is 12.1 Å². The average Bonchev–Trinajstić information content (AvgIpc) is 2.27. The third-order valence-electron chi connectivity index (χ3n) is 3.54. The predicted molar refractivity (Wildman–Crippen MR) is 76.0 cm³/mol. The molecule has 1 aliphatic heterocycles. The van der Waals surface area contributed by atoms with Crippen molar-refractivity contribution >= 4 is 14.3 Å². The summed E-state index contributed by atoms with van der Waals surface area (Å²) in [5.41, 5.74) is 0.471. The fourth-order valence-electron chi connectivity index (χ4n) is 2.52. The molecular formula is C14H26O3Si. The number of hydrogen-bond acceptors (Lipinski definition) is 3. The van der Waals surface area contributed by atoms with Crippen LogP contribution >= 0.6 is 0 Å². The van der Waals surface area contributed by atoms with E-state index in [1.54, 1.807) is 6.92 Å². The van der Waals surface area contributed by atoms with E-state index >= 15 is 0 Å². The van der Waals surface area contributed by atoms with Gasteiger partial charge in [0.1, 0.15) is 6.10 Å². The van der Waals surface area contributed by atoms with Crippen LogP contribution in [0.1, 0.15) is 40.0 Å². The van der Waals surface area contributed by atoms with Gasteiger partial charge in [-0.05, 0) is 39.3 Å². The Morgan fingerprint density at radius 3 is 2.78 bits per heavy atom. The first-order valence-electron chi connectivity index (χ1n) is 6.90. The van der Waals surface area contributed by atoms with E-state index in [1.165, 1.54) is 12.5 Å². The first kappa shape index (κ1) is 15.4. The Bertz CT molecular complexity index is 316. The Morgan fingerprint density at radius 1 is 1.61 bits per heavy atom. The maximum absolute atomic E-state index is 11.6. The highest BCUT2D eigenvalue weighted by Gasteiger charge is 2.37. The second-order valence-electron chi connectivity index (χ2n) is 5.69. The molecule has 0 radical (unpaired) electrons. The van der Waals surface area contributed by atoms with E-state index in [0.29, 0.717) is 11.7 Å². The van der Waals surface area contributed by atoms with Gasteiger partial charge in [0.15, 0.2) is 8.32 Å². The lowest BCUT2D eigenvalue weighted by molar-refractivity contribution is -0.143. The van der Waals surface area contributed by atoms with Crippen LogP contribution in [-0.4, -0.2) is 26.5 Å². The second-order valence-corrected chi connectivity index (χ2v) is 9.73. The lowest BCUT2D eigenvalue weighted by Crippen LogP contribution is -2.44. The van der Waals surface area contributed by atoms with E-state index < -0.39 is 8.32 Å². The minimum Gasteiger partial charge on any atom is -0.459 e. The molecule has 0 aromatic carbocycles. The number of carbonyl (C=O) groups excluding carboxylic acids is 1. The highest BCUT2D eigenvalue weighted by atomic mass is 28.4. The monoisotopic (exact) mass is 270 g/mol. The molecule has 0 saturated carbocycles. The summed E-state index contributed by atoms with van der Waals surface area (Å²) >= 11 is 0. The van der Waals surface area contributed by atoms with Gasteiger partial charge in [-0.3, -0.25) is 0 Å². The molecule has 0 spiro atoms. The van der Waals surface area contributed by atoms with Crippen LogP contribution in [-0.2, 0) is 14.0 Å². The fourth-order valence-corrected chi connectivity index (χ4v) is 6.31. The van der Waals surface area contributed by atoms with Crippen LogP contribution in [0.5, 0.6) is 0 Å². The lowest BCUT2D eigenvalue weighted by Gasteiger charge is -2.37. The third kappa shape index (κ3) is 4.57. The molecule has 1 fully saturated rings. The topological polar surface area (TPSA) is 35.5 Å². The summed E-state index contributed by atoms with van der Waals surface area (Å²) < 4.78 is 11.7. The molecule has 1 heterocycles. The van der Waals surface area contributed by atoms with Crippen molar-refractivity contribution in [1.29, 1.82) is 0 Å². The molecule has 18 heavy (non-hydrogen) atoms. The molecule has 4 heteroatoms. The summed E-state index contributed by atoms with van der Waals surface area (Å²) in [5, 5.41) is 0. The van der Waals surface area contributed by atoms with Gasteiger partial charge in [0.2, 0.25) is 0 Å². The van der Waals surface area contributed by atoms with Gasteiger partial charge in [0, 0.05) is 17.7 Å². The molecule has 104 valence electrons. The first-order chi connectivity index (χ1) is 8.36. The molecule has 3 nitrogen and oxygen atoms in total. The minimum absolute atomic E-state index is 0.0174. The molecule has 0 aromatic heterocycles. The van der Waals surface area contributed by atoms with E-state index in [2.05, 4.69) is 27.0 Å². The van der Waals surface area contributed by atoms with Crippen molar-refractivity contribution in [3.05, 3.63) is 12.2 Å².